The lowest BCUT2D eigenvalue weighted by atomic mass is 10.1. The topological polar surface area (TPSA) is 43.4 Å². The maximum Gasteiger partial charge on any atom is 0.164 e. The Morgan fingerprint density at radius 1 is 1.41 bits per heavy atom. The van der Waals surface area contributed by atoms with Gasteiger partial charge in [0.15, 0.2) is 5.78 Å². The number of hydrogen-bond acceptors (Lipinski definition) is 4. The molecule has 0 bridgehead atoms. The largest absolute Gasteiger partial charge is 0.494 e. The van der Waals surface area contributed by atoms with Crippen LogP contribution in [0.1, 0.15) is 29.6 Å². The summed E-state index contributed by atoms with van der Waals surface area (Å²) < 4.78 is 5.53. The summed E-state index contributed by atoms with van der Waals surface area (Å²) in [7, 11) is 0. The second-order valence-electron chi connectivity index (χ2n) is 3.84. The van der Waals surface area contributed by atoms with Crippen molar-refractivity contribution in [2.24, 2.45) is 0 Å². The van der Waals surface area contributed by atoms with E-state index in [1.54, 1.807) is 11.8 Å². The Morgan fingerprint density at radius 3 is 3.12 bits per heavy atom. The number of fused-ring (bicyclic) bond motifs is 1. The Bertz CT molecular complexity index is 429. The van der Waals surface area contributed by atoms with Crippen molar-refractivity contribution in [3.8, 4) is 5.75 Å². The second kappa shape index (κ2) is 5.87. The number of aldehydes is 1. The molecule has 1 aliphatic heterocycles. The van der Waals surface area contributed by atoms with E-state index in [1.165, 1.54) is 0 Å². The molecule has 2 rings (SSSR count). The Kier molecular flexibility index (Phi) is 4.20. The van der Waals surface area contributed by atoms with Gasteiger partial charge in [0.05, 0.1) is 6.61 Å². The van der Waals surface area contributed by atoms with Gasteiger partial charge in [0.2, 0.25) is 0 Å². The van der Waals surface area contributed by atoms with Crippen molar-refractivity contribution in [2.45, 2.75) is 24.2 Å². The number of rotatable bonds is 5. The van der Waals surface area contributed by atoms with E-state index in [0.717, 1.165) is 34.7 Å². The fourth-order valence-electron chi connectivity index (χ4n) is 1.69. The first kappa shape index (κ1) is 12.2. The van der Waals surface area contributed by atoms with Crippen LogP contribution >= 0.6 is 11.8 Å². The van der Waals surface area contributed by atoms with Crippen LogP contribution in [0.3, 0.4) is 0 Å². The average molecular weight is 250 g/mol. The highest BCUT2D eigenvalue weighted by atomic mass is 32.2. The first-order valence-corrected chi connectivity index (χ1v) is 6.66. The number of benzene rings is 1. The number of thioether (sulfide) groups is 1. The molecule has 1 aromatic rings. The first-order valence-electron chi connectivity index (χ1n) is 5.68. The van der Waals surface area contributed by atoms with Crippen LogP contribution < -0.4 is 4.74 Å². The molecular weight excluding hydrogens is 236 g/mol. The lowest BCUT2D eigenvalue weighted by Gasteiger charge is -2.15. The third-order valence-corrected chi connectivity index (χ3v) is 3.63. The smallest absolute Gasteiger partial charge is 0.164 e. The SMILES string of the molecule is O=CCCCOc1ccc2c(c1)SCCC2=O. The summed E-state index contributed by atoms with van der Waals surface area (Å²) in [4.78, 5) is 22.8. The molecule has 1 aromatic carbocycles. The highest BCUT2D eigenvalue weighted by Crippen LogP contribution is 2.32. The van der Waals surface area contributed by atoms with Gasteiger partial charge in [-0.15, -0.1) is 11.8 Å². The van der Waals surface area contributed by atoms with Crippen molar-refractivity contribution in [1.82, 2.24) is 0 Å². The molecule has 4 heteroatoms. The van der Waals surface area contributed by atoms with Gasteiger partial charge < -0.3 is 9.53 Å². The van der Waals surface area contributed by atoms with E-state index in [4.69, 9.17) is 4.74 Å². The quantitative estimate of drug-likeness (QED) is 0.595. The molecule has 1 heterocycles. The van der Waals surface area contributed by atoms with Gasteiger partial charge in [-0.1, -0.05) is 0 Å². The number of carbonyl (C=O) groups excluding carboxylic acids is 2. The second-order valence-corrected chi connectivity index (χ2v) is 4.97. The van der Waals surface area contributed by atoms with Crippen LogP contribution in [0.2, 0.25) is 0 Å². The summed E-state index contributed by atoms with van der Waals surface area (Å²) in [6.45, 7) is 0.538. The number of hydrogen-bond donors (Lipinski definition) is 0. The van der Waals surface area contributed by atoms with Crippen molar-refractivity contribution < 1.29 is 14.3 Å². The van der Waals surface area contributed by atoms with Crippen molar-refractivity contribution in [3.05, 3.63) is 23.8 Å². The highest BCUT2D eigenvalue weighted by molar-refractivity contribution is 7.99. The zero-order valence-corrected chi connectivity index (χ0v) is 10.3. The molecule has 90 valence electrons. The third kappa shape index (κ3) is 3.09. The Labute approximate surface area is 105 Å². The minimum atomic E-state index is 0.214. The van der Waals surface area contributed by atoms with E-state index in [0.29, 0.717) is 19.4 Å². The summed E-state index contributed by atoms with van der Waals surface area (Å²) >= 11 is 1.69. The zero-order chi connectivity index (χ0) is 12.1. The van der Waals surface area contributed by atoms with E-state index in [1.807, 2.05) is 18.2 Å². The van der Waals surface area contributed by atoms with Gasteiger partial charge >= 0.3 is 0 Å². The fourth-order valence-corrected chi connectivity index (χ4v) is 2.73. The Morgan fingerprint density at radius 2 is 2.29 bits per heavy atom. The van der Waals surface area contributed by atoms with Crippen LogP contribution in [0.5, 0.6) is 5.75 Å². The number of Topliss-reactive ketones (excluding diaryl/α,β-unsaturated/α-hetero) is 1. The molecule has 3 nitrogen and oxygen atoms in total. The minimum Gasteiger partial charge on any atom is -0.494 e. The van der Waals surface area contributed by atoms with Crippen LogP contribution in [-0.4, -0.2) is 24.4 Å². The van der Waals surface area contributed by atoms with Gasteiger partial charge in [-0.05, 0) is 24.6 Å². The van der Waals surface area contributed by atoms with E-state index in [-0.39, 0.29) is 5.78 Å². The summed E-state index contributed by atoms with van der Waals surface area (Å²) in [6, 6.07) is 5.57. The van der Waals surface area contributed by atoms with Gasteiger partial charge in [-0.25, -0.2) is 0 Å². The lowest BCUT2D eigenvalue weighted by molar-refractivity contribution is -0.108. The summed E-state index contributed by atoms with van der Waals surface area (Å²) in [5.41, 5.74) is 0.807. The number of ketones is 1. The summed E-state index contributed by atoms with van der Waals surface area (Å²) in [6.07, 6.45) is 2.77. The highest BCUT2D eigenvalue weighted by Gasteiger charge is 2.17. The molecule has 0 amide bonds. The van der Waals surface area contributed by atoms with Gasteiger partial charge in [0.1, 0.15) is 12.0 Å². The van der Waals surface area contributed by atoms with Crippen LogP contribution in [0, 0.1) is 0 Å². The first-order chi connectivity index (χ1) is 8.31. The lowest BCUT2D eigenvalue weighted by Crippen LogP contribution is -2.08. The molecule has 0 aliphatic carbocycles. The predicted molar refractivity (Wildman–Crippen MR) is 66.9 cm³/mol. The van der Waals surface area contributed by atoms with E-state index in [9.17, 15) is 9.59 Å². The molecule has 0 saturated heterocycles. The van der Waals surface area contributed by atoms with E-state index >= 15 is 0 Å². The van der Waals surface area contributed by atoms with E-state index < -0.39 is 0 Å². The molecule has 0 unspecified atom stereocenters. The molecule has 17 heavy (non-hydrogen) atoms. The van der Waals surface area contributed by atoms with Crippen LogP contribution in [0.25, 0.3) is 0 Å². The maximum absolute atomic E-state index is 11.6. The Hall–Kier alpha value is -1.29. The van der Waals surface area contributed by atoms with Crippen LogP contribution in [0.15, 0.2) is 23.1 Å². The zero-order valence-electron chi connectivity index (χ0n) is 9.48. The van der Waals surface area contributed by atoms with Gasteiger partial charge in [0.25, 0.3) is 0 Å². The summed E-state index contributed by atoms with van der Waals surface area (Å²) in [5.74, 6) is 1.84. The molecule has 0 aromatic heterocycles. The minimum absolute atomic E-state index is 0.214. The maximum atomic E-state index is 11.6. The summed E-state index contributed by atoms with van der Waals surface area (Å²) in [5, 5.41) is 0. The molecule has 0 N–H and O–H groups in total. The Balaban J connectivity index is 2.00. The molecule has 0 fully saturated rings. The molecule has 0 saturated carbocycles. The van der Waals surface area contributed by atoms with Crippen molar-refractivity contribution in [3.63, 3.8) is 0 Å². The molecular formula is C13H14O3S. The number of carbonyl (C=O) groups is 2. The van der Waals surface area contributed by atoms with Crippen LogP contribution in [-0.2, 0) is 4.79 Å². The molecule has 0 atom stereocenters. The van der Waals surface area contributed by atoms with Crippen LogP contribution in [0.4, 0.5) is 0 Å². The third-order valence-electron chi connectivity index (χ3n) is 2.58. The van der Waals surface area contributed by atoms with E-state index in [2.05, 4.69) is 0 Å². The van der Waals surface area contributed by atoms with Crippen molar-refractivity contribution >= 4 is 23.8 Å². The number of unbranched alkanes of at least 4 members (excludes halogenated alkanes) is 1. The van der Waals surface area contributed by atoms with Gasteiger partial charge in [-0.3, -0.25) is 4.79 Å². The van der Waals surface area contributed by atoms with Gasteiger partial charge in [-0.2, -0.15) is 0 Å². The number of ether oxygens (including phenoxy) is 1. The van der Waals surface area contributed by atoms with Crippen molar-refractivity contribution in [2.75, 3.05) is 12.4 Å². The normalized spacial score (nSPS) is 14.2. The van der Waals surface area contributed by atoms with Gasteiger partial charge in [0, 0.05) is 29.1 Å². The monoisotopic (exact) mass is 250 g/mol. The molecule has 0 spiro atoms. The fraction of sp³-hybridized carbons (Fsp3) is 0.385. The predicted octanol–water partition coefficient (Wildman–Crippen LogP) is 2.72. The molecule has 1 aliphatic rings. The van der Waals surface area contributed by atoms with Crippen molar-refractivity contribution in [1.29, 1.82) is 0 Å². The average Bonchev–Trinajstić information content (AvgIpc) is 2.35. The molecule has 0 radical (unpaired) electrons. The standard InChI is InChI=1S/C13H14O3S/c14-6-1-2-7-16-10-3-4-11-12(15)5-8-17-13(11)9-10/h3-4,6,9H,1-2,5,7-8H2.